The molecule has 1 aromatic carbocycles. The Morgan fingerprint density at radius 3 is 2.57 bits per heavy atom. The van der Waals surface area contributed by atoms with Crippen LogP contribution in [0.15, 0.2) is 44.3 Å². The number of rotatable bonds is 8. The summed E-state index contributed by atoms with van der Waals surface area (Å²) in [7, 11) is -3.23. The Bertz CT molecular complexity index is 776. The van der Waals surface area contributed by atoms with E-state index >= 15 is 0 Å². The monoisotopic (exact) mass is 368 g/mol. The lowest BCUT2D eigenvalue weighted by molar-refractivity contribution is 0.112. The van der Waals surface area contributed by atoms with E-state index in [1.54, 1.807) is 25.1 Å². The van der Waals surface area contributed by atoms with Crippen LogP contribution in [0.4, 0.5) is 0 Å². The summed E-state index contributed by atoms with van der Waals surface area (Å²) in [6, 6.07) is 9.26. The van der Waals surface area contributed by atoms with Crippen LogP contribution < -0.4 is 0 Å². The molecule has 0 radical (unpaired) electrons. The SMILES string of the molecule is CCCCc1cc(Sc2ccc(C=O)s2)cc(S(=O)(=O)CC)c1. The van der Waals surface area contributed by atoms with Crippen molar-refractivity contribution in [1.29, 1.82) is 0 Å². The number of aldehydes is 1. The number of aryl methyl sites for hydroxylation is 1. The van der Waals surface area contributed by atoms with Crippen molar-refractivity contribution >= 4 is 39.2 Å². The van der Waals surface area contributed by atoms with Gasteiger partial charge in [-0.05, 0) is 48.7 Å². The van der Waals surface area contributed by atoms with Crippen LogP contribution in [0.5, 0.6) is 0 Å². The largest absolute Gasteiger partial charge is 0.297 e. The van der Waals surface area contributed by atoms with Gasteiger partial charge in [0.05, 0.1) is 19.7 Å². The maximum atomic E-state index is 12.2. The standard InChI is InChI=1S/C17H20O3S3/c1-3-5-6-13-9-15(11-16(10-13)23(19,20)4-2)22-17-8-7-14(12-18)21-17/h7-12H,3-6H2,1-2H3. The molecule has 0 fully saturated rings. The topological polar surface area (TPSA) is 51.2 Å². The number of carbonyl (C=O) groups excluding carboxylic acids is 1. The highest BCUT2D eigenvalue weighted by molar-refractivity contribution is 8.01. The van der Waals surface area contributed by atoms with Gasteiger partial charge < -0.3 is 0 Å². The fourth-order valence-electron chi connectivity index (χ4n) is 2.13. The van der Waals surface area contributed by atoms with Gasteiger partial charge in [-0.2, -0.15) is 0 Å². The average Bonchev–Trinajstić information content (AvgIpc) is 3.00. The van der Waals surface area contributed by atoms with Crippen molar-refractivity contribution in [3.8, 4) is 0 Å². The van der Waals surface area contributed by atoms with E-state index in [2.05, 4.69) is 13.0 Å². The maximum Gasteiger partial charge on any atom is 0.178 e. The molecule has 0 aliphatic carbocycles. The molecular weight excluding hydrogens is 348 g/mol. The van der Waals surface area contributed by atoms with Gasteiger partial charge in [0.15, 0.2) is 16.1 Å². The van der Waals surface area contributed by atoms with Crippen molar-refractivity contribution in [2.75, 3.05) is 5.75 Å². The van der Waals surface area contributed by atoms with Gasteiger partial charge in [0, 0.05) is 4.90 Å². The van der Waals surface area contributed by atoms with E-state index in [9.17, 15) is 13.2 Å². The molecule has 6 heteroatoms. The first-order valence-corrected chi connectivity index (χ1v) is 10.9. The van der Waals surface area contributed by atoms with Crippen molar-refractivity contribution in [3.63, 3.8) is 0 Å². The van der Waals surface area contributed by atoms with Gasteiger partial charge >= 0.3 is 0 Å². The van der Waals surface area contributed by atoms with Crippen LogP contribution in [0.1, 0.15) is 41.9 Å². The highest BCUT2D eigenvalue weighted by Gasteiger charge is 2.14. The molecular formula is C17H20O3S3. The number of sulfone groups is 1. The van der Waals surface area contributed by atoms with E-state index in [-0.39, 0.29) is 5.75 Å². The van der Waals surface area contributed by atoms with Gasteiger partial charge in [0.2, 0.25) is 0 Å². The molecule has 3 nitrogen and oxygen atoms in total. The van der Waals surface area contributed by atoms with Crippen LogP contribution in [0.3, 0.4) is 0 Å². The summed E-state index contributed by atoms with van der Waals surface area (Å²) in [6.07, 6.45) is 3.81. The van der Waals surface area contributed by atoms with E-state index in [1.165, 1.54) is 23.1 Å². The van der Waals surface area contributed by atoms with Gasteiger partial charge in [-0.25, -0.2) is 8.42 Å². The molecule has 0 spiro atoms. The molecule has 0 amide bonds. The van der Waals surface area contributed by atoms with Crippen molar-refractivity contribution in [1.82, 2.24) is 0 Å². The molecule has 0 saturated carbocycles. The average molecular weight is 369 g/mol. The van der Waals surface area contributed by atoms with Crippen LogP contribution in [-0.4, -0.2) is 20.5 Å². The first kappa shape index (κ1) is 18.2. The molecule has 1 aromatic heterocycles. The smallest absolute Gasteiger partial charge is 0.178 e. The number of hydrogen-bond acceptors (Lipinski definition) is 5. The Kier molecular flexibility index (Phi) is 6.44. The summed E-state index contributed by atoms with van der Waals surface area (Å²) in [5.74, 6) is 0.0998. The molecule has 0 aliphatic rings. The Hall–Kier alpha value is -1.11. The maximum absolute atomic E-state index is 12.2. The number of benzene rings is 1. The second kappa shape index (κ2) is 8.13. The number of hydrogen-bond donors (Lipinski definition) is 0. The lowest BCUT2D eigenvalue weighted by atomic mass is 10.1. The third-order valence-corrected chi connectivity index (χ3v) is 7.26. The molecule has 2 rings (SSSR count). The number of unbranched alkanes of at least 4 members (excludes halogenated alkanes) is 1. The molecule has 0 aliphatic heterocycles. The Morgan fingerprint density at radius 1 is 1.17 bits per heavy atom. The highest BCUT2D eigenvalue weighted by atomic mass is 32.2. The zero-order valence-electron chi connectivity index (χ0n) is 13.2. The highest BCUT2D eigenvalue weighted by Crippen LogP contribution is 2.35. The second-order valence-corrected chi connectivity index (χ2v) is 9.96. The van der Waals surface area contributed by atoms with E-state index in [1.807, 2.05) is 6.07 Å². The van der Waals surface area contributed by atoms with Crippen LogP contribution in [0, 0.1) is 0 Å². The predicted octanol–water partition coefficient (Wildman–Crippen LogP) is 4.85. The minimum Gasteiger partial charge on any atom is -0.297 e. The molecule has 0 saturated heterocycles. The third kappa shape index (κ3) is 4.93. The van der Waals surface area contributed by atoms with Gasteiger partial charge in [-0.1, -0.05) is 32.0 Å². The fraction of sp³-hybridized carbons (Fsp3) is 0.353. The third-order valence-electron chi connectivity index (χ3n) is 3.43. The molecule has 1 heterocycles. The first-order chi connectivity index (χ1) is 11.0. The Balaban J connectivity index is 2.36. The molecule has 0 unspecified atom stereocenters. The zero-order chi connectivity index (χ0) is 16.9. The van der Waals surface area contributed by atoms with Gasteiger partial charge in [-0.15, -0.1) is 11.3 Å². The summed E-state index contributed by atoms with van der Waals surface area (Å²) in [5.41, 5.74) is 1.05. The number of carbonyl (C=O) groups is 1. The molecule has 0 atom stereocenters. The van der Waals surface area contributed by atoms with Crippen molar-refractivity contribution in [2.24, 2.45) is 0 Å². The minimum absolute atomic E-state index is 0.0998. The number of thiophene rings is 1. The molecule has 0 N–H and O–H groups in total. The first-order valence-electron chi connectivity index (χ1n) is 7.58. The molecule has 0 bridgehead atoms. The van der Waals surface area contributed by atoms with Crippen molar-refractivity contribution in [2.45, 2.75) is 47.1 Å². The molecule has 124 valence electrons. The minimum atomic E-state index is -3.23. The zero-order valence-corrected chi connectivity index (χ0v) is 15.7. The summed E-state index contributed by atoms with van der Waals surface area (Å²) in [6.45, 7) is 3.78. The van der Waals surface area contributed by atoms with Gasteiger partial charge in [-0.3, -0.25) is 4.79 Å². The van der Waals surface area contributed by atoms with Crippen LogP contribution in [0.25, 0.3) is 0 Å². The van der Waals surface area contributed by atoms with Crippen LogP contribution in [-0.2, 0) is 16.3 Å². The summed E-state index contributed by atoms with van der Waals surface area (Å²) < 4.78 is 25.4. The summed E-state index contributed by atoms with van der Waals surface area (Å²) in [4.78, 5) is 12.8. The van der Waals surface area contributed by atoms with Crippen molar-refractivity contribution in [3.05, 3.63) is 40.8 Å². The van der Waals surface area contributed by atoms with E-state index < -0.39 is 9.84 Å². The Labute approximate surface area is 146 Å². The lowest BCUT2D eigenvalue weighted by Gasteiger charge is -2.09. The normalized spacial score (nSPS) is 11.6. The molecule has 2 aromatic rings. The Morgan fingerprint density at radius 2 is 1.96 bits per heavy atom. The van der Waals surface area contributed by atoms with E-state index in [0.29, 0.717) is 9.77 Å². The van der Waals surface area contributed by atoms with E-state index in [4.69, 9.17) is 0 Å². The quantitative estimate of drug-likeness (QED) is 0.625. The van der Waals surface area contributed by atoms with Gasteiger partial charge in [0.25, 0.3) is 0 Å². The van der Waals surface area contributed by atoms with Crippen molar-refractivity contribution < 1.29 is 13.2 Å². The van der Waals surface area contributed by atoms with Crippen LogP contribution >= 0.6 is 23.1 Å². The molecule has 23 heavy (non-hydrogen) atoms. The second-order valence-electron chi connectivity index (χ2n) is 5.20. The summed E-state index contributed by atoms with van der Waals surface area (Å²) in [5, 5.41) is 0. The lowest BCUT2D eigenvalue weighted by Crippen LogP contribution is -2.04. The predicted molar refractivity (Wildman–Crippen MR) is 96.6 cm³/mol. The summed E-state index contributed by atoms with van der Waals surface area (Å²) >= 11 is 2.92. The van der Waals surface area contributed by atoms with E-state index in [0.717, 1.165) is 40.2 Å². The fourth-order valence-corrected chi connectivity index (χ4v) is 5.24. The van der Waals surface area contributed by atoms with Gasteiger partial charge in [0.1, 0.15) is 0 Å². The van der Waals surface area contributed by atoms with Crippen LogP contribution in [0.2, 0.25) is 0 Å².